The third-order valence-electron chi connectivity index (χ3n) is 3.48. The maximum Gasteiger partial charge on any atom is 0.252 e. The number of carbonyl (C=O) groups excluding carboxylic acids is 1. The van der Waals surface area contributed by atoms with E-state index in [1.807, 2.05) is 29.1 Å². The molecule has 1 N–H and O–H groups in total. The quantitative estimate of drug-likeness (QED) is 0.940. The third-order valence-corrected chi connectivity index (χ3v) is 4.16. The molecule has 0 aromatic carbocycles. The van der Waals surface area contributed by atoms with E-state index in [0.29, 0.717) is 6.54 Å². The van der Waals surface area contributed by atoms with Crippen molar-refractivity contribution in [2.45, 2.75) is 19.4 Å². The van der Waals surface area contributed by atoms with Crippen molar-refractivity contribution in [3.8, 4) is 0 Å². The molecule has 5 heteroatoms. The van der Waals surface area contributed by atoms with Gasteiger partial charge in [-0.3, -0.25) is 4.79 Å². The highest BCUT2D eigenvalue weighted by Gasteiger charge is 2.13. The molecule has 1 aliphatic rings. The number of aromatic nitrogens is 1. The van der Waals surface area contributed by atoms with Crippen molar-refractivity contribution in [3.05, 3.63) is 46.3 Å². The van der Waals surface area contributed by atoms with Crippen LogP contribution in [-0.4, -0.2) is 24.0 Å². The van der Waals surface area contributed by atoms with Gasteiger partial charge in [-0.25, -0.2) is 4.98 Å². The zero-order valence-electron chi connectivity index (χ0n) is 11.2. The van der Waals surface area contributed by atoms with E-state index in [0.717, 1.165) is 30.0 Å². The Hall–Kier alpha value is -1.88. The molecule has 2 aromatic rings. The number of carbonyl (C=O) groups is 1. The molecule has 0 spiro atoms. The zero-order chi connectivity index (χ0) is 13.8. The molecule has 1 aliphatic heterocycles. The molecule has 20 heavy (non-hydrogen) atoms. The van der Waals surface area contributed by atoms with Gasteiger partial charge in [-0.2, -0.15) is 11.3 Å². The fourth-order valence-electron chi connectivity index (χ4n) is 2.37. The molecular formula is C15H17N3OS. The number of amides is 1. The summed E-state index contributed by atoms with van der Waals surface area (Å²) in [5, 5.41) is 6.71. The number of pyridine rings is 1. The van der Waals surface area contributed by atoms with Gasteiger partial charge in [0.15, 0.2) is 0 Å². The Morgan fingerprint density at radius 3 is 2.95 bits per heavy atom. The molecule has 0 unspecified atom stereocenters. The van der Waals surface area contributed by atoms with Crippen molar-refractivity contribution in [2.75, 3.05) is 18.0 Å². The molecule has 3 rings (SSSR count). The number of anilines is 1. The minimum Gasteiger partial charge on any atom is -0.357 e. The van der Waals surface area contributed by atoms with Gasteiger partial charge in [-0.15, -0.1) is 0 Å². The number of nitrogens with one attached hydrogen (secondary N) is 1. The van der Waals surface area contributed by atoms with Crippen molar-refractivity contribution < 1.29 is 4.79 Å². The summed E-state index contributed by atoms with van der Waals surface area (Å²) in [6.45, 7) is 2.70. The van der Waals surface area contributed by atoms with Crippen LogP contribution in [0.15, 0.2) is 35.2 Å². The van der Waals surface area contributed by atoms with Gasteiger partial charge < -0.3 is 10.2 Å². The molecule has 104 valence electrons. The summed E-state index contributed by atoms with van der Waals surface area (Å²) in [5.41, 5.74) is 1.81. The van der Waals surface area contributed by atoms with Gasteiger partial charge in [0.2, 0.25) is 0 Å². The minimum absolute atomic E-state index is 0.0224. The molecule has 0 saturated carbocycles. The van der Waals surface area contributed by atoms with Crippen LogP contribution in [0.3, 0.4) is 0 Å². The second kappa shape index (κ2) is 6.05. The molecule has 1 fully saturated rings. The Labute approximate surface area is 122 Å². The van der Waals surface area contributed by atoms with Crippen LogP contribution in [-0.2, 0) is 6.54 Å². The van der Waals surface area contributed by atoms with E-state index < -0.39 is 0 Å². The first-order valence-corrected chi connectivity index (χ1v) is 7.77. The summed E-state index contributed by atoms with van der Waals surface area (Å²) >= 11 is 1.53. The normalized spacial score (nSPS) is 14.5. The molecule has 1 saturated heterocycles. The van der Waals surface area contributed by atoms with Crippen LogP contribution in [0.2, 0.25) is 0 Å². The highest BCUT2D eigenvalue weighted by atomic mass is 32.1. The molecular weight excluding hydrogens is 270 g/mol. The molecule has 0 bridgehead atoms. The second-order valence-corrected chi connectivity index (χ2v) is 5.69. The monoisotopic (exact) mass is 287 g/mol. The lowest BCUT2D eigenvalue weighted by Gasteiger charge is -2.16. The summed E-state index contributed by atoms with van der Waals surface area (Å²) in [7, 11) is 0. The van der Waals surface area contributed by atoms with Crippen LogP contribution in [0.25, 0.3) is 0 Å². The SMILES string of the molecule is O=C(NCc1ccnc(N2CCCC2)c1)c1ccsc1. The topological polar surface area (TPSA) is 45.2 Å². The summed E-state index contributed by atoms with van der Waals surface area (Å²) in [4.78, 5) is 18.6. The van der Waals surface area contributed by atoms with Crippen LogP contribution in [0.1, 0.15) is 28.8 Å². The predicted molar refractivity (Wildman–Crippen MR) is 81.2 cm³/mol. The van der Waals surface area contributed by atoms with E-state index in [9.17, 15) is 4.79 Å². The molecule has 4 nitrogen and oxygen atoms in total. The number of nitrogens with zero attached hydrogens (tertiary/aromatic N) is 2. The first-order valence-electron chi connectivity index (χ1n) is 6.83. The molecule has 0 atom stereocenters. The lowest BCUT2D eigenvalue weighted by Crippen LogP contribution is -2.23. The maximum absolute atomic E-state index is 11.9. The van der Waals surface area contributed by atoms with Gasteiger partial charge in [0.05, 0.1) is 0 Å². The van der Waals surface area contributed by atoms with Crippen molar-refractivity contribution >= 4 is 23.1 Å². The summed E-state index contributed by atoms with van der Waals surface area (Å²) in [5.74, 6) is 0.996. The maximum atomic E-state index is 11.9. The van der Waals surface area contributed by atoms with Gasteiger partial charge in [0.1, 0.15) is 5.82 Å². The average Bonchev–Trinajstić information content (AvgIpc) is 3.17. The lowest BCUT2D eigenvalue weighted by atomic mass is 10.2. The van der Waals surface area contributed by atoms with Crippen molar-refractivity contribution in [3.63, 3.8) is 0 Å². The molecule has 0 aliphatic carbocycles. The Kier molecular flexibility index (Phi) is 3.97. The zero-order valence-corrected chi connectivity index (χ0v) is 12.0. The number of hydrogen-bond donors (Lipinski definition) is 1. The number of rotatable bonds is 4. The smallest absolute Gasteiger partial charge is 0.252 e. The highest BCUT2D eigenvalue weighted by molar-refractivity contribution is 7.08. The fraction of sp³-hybridized carbons (Fsp3) is 0.333. The number of hydrogen-bond acceptors (Lipinski definition) is 4. The van der Waals surface area contributed by atoms with Gasteiger partial charge in [-0.05, 0) is 42.0 Å². The molecule has 1 amide bonds. The van der Waals surface area contributed by atoms with Gasteiger partial charge in [0.25, 0.3) is 5.91 Å². The minimum atomic E-state index is -0.0224. The second-order valence-electron chi connectivity index (χ2n) is 4.91. The fourth-order valence-corrected chi connectivity index (χ4v) is 3.00. The summed E-state index contributed by atoms with van der Waals surface area (Å²) < 4.78 is 0. The van der Waals surface area contributed by atoms with Crippen LogP contribution in [0, 0.1) is 0 Å². The van der Waals surface area contributed by atoms with E-state index in [4.69, 9.17) is 0 Å². The Morgan fingerprint density at radius 1 is 1.35 bits per heavy atom. The van der Waals surface area contributed by atoms with Crippen LogP contribution < -0.4 is 10.2 Å². The summed E-state index contributed by atoms with van der Waals surface area (Å²) in [6, 6.07) is 5.86. The van der Waals surface area contributed by atoms with Crippen LogP contribution >= 0.6 is 11.3 Å². The Balaban J connectivity index is 1.62. The molecule has 2 aromatic heterocycles. The molecule has 0 radical (unpaired) electrons. The average molecular weight is 287 g/mol. The summed E-state index contributed by atoms with van der Waals surface area (Å²) in [6.07, 6.45) is 4.29. The first-order chi connectivity index (χ1) is 9.83. The van der Waals surface area contributed by atoms with Crippen molar-refractivity contribution in [1.29, 1.82) is 0 Å². The van der Waals surface area contributed by atoms with Crippen LogP contribution in [0.5, 0.6) is 0 Å². The highest BCUT2D eigenvalue weighted by Crippen LogP contribution is 2.18. The van der Waals surface area contributed by atoms with E-state index in [2.05, 4.69) is 21.3 Å². The standard InChI is InChI=1S/C15H17N3OS/c19-15(13-4-8-20-11-13)17-10-12-3-5-16-14(9-12)18-6-1-2-7-18/h3-5,8-9,11H,1-2,6-7,10H2,(H,17,19). The third kappa shape index (κ3) is 2.99. The van der Waals surface area contributed by atoms with E-state index in [-0.39, 0.29) is 5.91 Å². The van der Waals surface area contributed by atoms with E-state index in [1.54, 1.807) is 0 Å². The van der Waals surface area contributed by atoms with E-state index in [1.165, 1.54) is 24.2 Å². The van der Waals surface area contributed by atoms with Gasteiger partial charge in [-0.1, -0.05) is 0 Å². The van der Waals surface area contributed by atoms with Crippen LogP contribution in [0.4, 0.5) is 5.82 Å². The lowest BCUT2D eigenvalue weighted by molar-refractivity contribution is 0.0951. The predicted octanol–water partition coefficient (Wildman–Crippen LogP) is 2.67. The van der Waals surface area contributed by atoms with E-state index >= 15 is 0 Å². The largest absolute Gasteiger partial charge is 0.357 e. The number of thiophene rings is 1. The molecule has 3 heterocycles. The first kappa shape index (κ1) is 13.1. The Bertz CT molecular complexity index is 577. The van der Waals surface area contributed by atoms with Crippen molar-refractivity contribution in [2.24, 2.45) is 0 Å². The Morgan fingerprint density at radius 2 is 2.20 bits per heavy atom. The van der Waals surface area contributed by atoms with Gasteiger partial charge >= 0.3 is 0 Å². The van der Waals surface area contributed by atoms with Gasteiger partial charge in [0, 0.05) is 36.8 Å². The van der Waals surface area contributed by atoms with Crippen molar-refractivity contribution in [1.82, 2.24) is 10.3 Å².